The predicted molar refractivity (Wildman–Crippen MR) is 82.8 cm³/mol. The zero-order valence-electron chi connectivity index (χ0n) is 10.2. The van der Waals surface area contributed by atoms with Gasteiger partial charge in [0.25, 0.3) is 0 Å². The standard InChI is InChI=1S/C13H11BrN4S/c1-19-10-4-2-9(3-5-10)18-12-11(17-13(18)15)6-8(14)7-16-12/h2-7H,1H3,(H2,15,17). The third kappa shape index (κ3) is 2.21. The lowest BCUT2D eigenvalue weighted by molar-refractivity contribution is 1.08. The second-order valence-corrected chi connectivity index (χ2v) is 5.80. The van der Waals surface area contributed by atoms with Crippen molar-refractivity contribution in [3.63, 3.8) is 0 Å². The molecule has 2 aromatic heterocycles. The molecule has 0 aliphatic heterocycles. The van der Waals surface area contributed by atoms with Crippen LogP contribution in [0.15, 0.2) is 45.9 Å². The Morgan fingerprint density at radius 1 is 1.26 bits per heavy atom. The number of hydrogen-bond donors (Lipinski definition) is 1. The van der Waals surface area contributed by atoms with Crippen LogP contribution >= 0.6 is 27.7 Å². The maximum absolute atomic E-state index is 6.00. The quantitative estimate of drug-likeness (QED) is 0.729. The van der Waals surface area contributed by atoms with Crippen LogP contribution in [0.1, 0.15) is 0 Å². The van der Waals surface area contributed by atoms with Crippen molar-refractivity contribution in [2.24, 2.45) is 0 Å². The summed E-state index contributed by atoms with van der Waals surface area (Å²) < 4.78 is 2.74. The normalized spacial score (nSPS) is 11.1. The average molecular weight is 335 g/mol. The van der Waals surface area contributed by atoms with Crippen LogP contribution in [0.2, 0.25) is 0 Å². The Morgan fingerprint density at radius 3 is 2.68 bits per heavy atom. The lowest BCUT2D eigenvalue weighted by Crippen LogP contribution is -2.01. The molecular formula is C13H11BrN4S. The number of thioether (sulfide) groups is 1. The van der Waals surface area contributed by atoms with Crippen molar-refractivity contribution in [3.8, 4) is 5.69 Å². The van der Waals surface area contributed by atoms with Crippen LogP contribution in [-0.4, -0.2) is 20.8 Å². The van der Waals surface area contributed by atoms with Crippen LogP contribution < -0.4 is 5.73 Å². The number of aromatic nitrogens is 3. The number of halogens is 1. The molecule has 0 atom stereocenters. The first-order chi connectivity index (χ1) is 9.19. The maximum atomic E-state index is 6.00. The molecule has 0 saturated carbocycles. The fourth-order valence-electron chi connectivity index (χ4n) is 1.94. The number of fused-ring (bicyclic) bond motifs is 1. The Morgan fingerprint density at radius 2 is 2.00 bits per heavy atom. The molecule has 0 radical (unpaired) electrons. The molecule has 3 rings (SSSR count). The summed E-state index contributed by atoms with van der Waals surface area (Å²) >= 11 is 5.09. The van der Waals surface area contributed by atoms with Crippen LogP contribution in [0.5, 0.6) is 0 Å². The predicted octanol–water partition coefficient (Wildman–Crippen LogP) is 3.49. The van der Waals surface area contributed by atoms with Gasteiger partial charge >= 0.3 is 0 Å². The molecule has 0 bridgehead atoms. The summed E-state index contributed by atoms with van der Waals surface area (Å²) in [4.78, 5) is 9.94. The first kappa shape index (κ1) is 12.5. The monoisotopic (exact) mass is 334 g/mol. The molecule has 96 valence electrons. The van der Waals surface area contributed by atoms with Gasteiger partial charge in [-0.05, 0) is 52.5 Å². The van der Waals surface area contributed by atoms with Gasteiger partial charge in [-0.25, -0.2) is 9.97 Å². The van der Waals surface area contributed by atoms with E-state index in [1.54, 1.807) is 18.0 Å². The minimum atomic E-state index is 0.442. The number of anilines is 1. The lowest BCUT2D eigenvalue weighted by Gasteiger charge is -2.06. The fourth-order valence-corrected chi connectivity index (χ4v) is 2.67. The summed E-state index contributed by atoms with van der Waals surface area (Å²) in [6.45, 7) is 0. The molecule has 0 spiro atoms. The number of rotatable bonds is 2. The first-order valence-corrected chi connectivity index (χ1v) is 7.65. The van der Waals surface area contributed by atoms with Crippen molar-refractivity contribution in [2.75, 3.05) is 12.0 Å². The molecule has 0 unspecified atom stereocenters. The third-order valence-corrected chi connectivity index (χ3v) is 4.00. The van der Waals surface area contributed by atoms with E-state index in [9.17, 15) is 0 Å². The Hall–Kier alpha value is -1.53. The van der Waals surface area contributed by atoms with Crippen LogP contribution in [0.4, 0.5) is 5.95 Å². The number of nitrogen functional groups attached to an aromatic ring is 1. The van der Waals surface area contributed by atoms with Crippen molar-refractivity contribution >= 4 is 44.8 Å². The Kier molecular flexibility index (Phi) is 3.20. The first-order valence-electron chi connectivity index (χ1n) is 5.63. The molecular weight excluding hydrogens is 324 g/mol. The van der Waals surface area contributed by atoms with Gasteiger partial charge < -0.3 is 5.73 Å². The minimum absolute atomic E-state index is 0.442. The van der Waals surface area contributed by atoms with Crippen LogP contribution in [0.3, 0.4) is 0 Å². The molecule has 1 aromatic carbocycles. The van der Waals surface area contributed by atoms with E-state index in [0.29, 0.717) is 5.95 Å². The van der Waals surface area contributed by atoms with Crippen LogP contribution in [0, 0.1) is 0 Å². The van der Waals surface area contributed by atoms with E-state index >= 15 is 0 Å². The number of benzene rings is 1. The maximum Gasteiger partial charge on any atom is 0.207 e. The Labute approximate surface area is 123 Å². The van der Waals surface area contributed by atoms with E-state index in [-0.39, 0.29) is 0 Å². The fraction of sp³-hybridized carbons (Fsp3) is 0.0769. The van der Waals surface area contributed by atoms with Crippen LogP contribution in [0.25, 0.3) is 16.9 Å². The second-order valence-electron chi connectivity index (χ2n) is 4.00. The largest absolute Gasteiger partial charge is 0.369 e. The average Bonchev–Trinajstić information content (AvgIpc) is 2.74. The number of imidazole rings is 1. The topological polar surface area (TPSA) is 56.7 Å². The summed E-state index contributed by atoms with van der Waals surface area (Å²) in [6, 6.07) is 10.1. The van der Waals surface area contributed by atoms with Crippen molar-refractivity contribution in [1.29, 1.82) is 0 Å². The van der Waals surface area contributed by atoms with Gasteiger partial charge in [0, 0.05) is 15.6 Å². The van der Waals surface area contributed by atoms with Gasteiger partial charge in [-0.1, -0.05) is 0 Å². The summed E-state index contributed by atoms with van der Waals surface area (Å²) in [5.41, 5.74) is 8.50. The molecule has 3 aromatic rings. The molecule has 0 amide bonds. The van der Waals surface area contributed by atoms with Gasteiger partial charge in [0.1, 0.15) is 5.52 Å². The minimum Gasteiger partial charge on any atom is -0.369 e. The Bertz CT molecular complexity index is 736. The van der Waals surface area contributed by atoms with E-state index in [0.717, 1.165) is 21.3 Å². The summed E-state index contributed by atoms with van der Waals surface area (Å²) in [6.07, 6.45) is 3.80. The molecule has 19 heavy (non-hydrogen) atoms. The van der Waals surface area contributed by atoms with E-state index < -0.39 is 0 Å². The second kappa shape index (κ2) is 4.86. The summed E-state index contributed by atoms with van der Waals surface area (Å²) in [5, 5.41) is 0. The van der Waals surface area contributed by atoms with Crippen LogP contribution in [-0.2, 0) is 0 Å². The van der Waals surface area contributed by atoms with Crippen molar-refractivity contribution in [1.82, 2.24) is 14.5 Å². The smallest absolute Gasteiger partial charge is 0.207 e. The van der Waals surface area contributed by atoms with Crippen molar-refractivity contribution < 1.29 is 0 Å². The highest BCUT2D eigenvalue weighted by atomic mass is 79.9. The number of nitrogens with two attached hydrogens (primary N) is 1. The highest BCUT2D eigenvalue weighted by molar-refractivity contribution is 9.10. The van der Waals surface area contributed by atoms with Gasteiger partial charge in [-0.2, -0.15) is 0 Å². The highest BCUT2D eigenvalue weighted by Crippen LogP contribution is 2.25. The third-order valence-electron chi connectivity index (χ3n) is 2.82. The molecule has 0 aliphatic carbocycles. The zero-order valence-corrected chi connectivity index (χ0v) is 12.6. The Balaban J connectivity index is 2.20. The molecule has 0 aliphatic rings. The zero-order chi connectivity index (χ0) is 13.4. The molecule has 0 fully saturated rings. The number of hydrogen-bond acceptors (Lipinski definition) is 4. The molecule has 4 nitrogen and oxygen atoms in total. The lowest BCUT2D eigenvalue weighted by atomic mass is 10.3. The molecule has 2 N–H and O–H groups in total. The number of nitrogens with zero attached hydrogens (tertiary/aromatic N) is 3. The van der Waals surface area contributed by atoms with E-state index in [4.69, 9.17) is 5.73 Å². The van der Waals surface area contributed by atoms with Gasteiger partial charge in [0.05, 0.1) is 5.69 Å². The molecule has 6 heteroatoms. The molecule has 2 heterocycles. The van der Waals surface area contributed by atoms with E-state index in [1.807, 2.05) is 22.8 Å². The number of pyridine rings is 1. The SMILES string of the molecule is CSc1ccc(-n2c(N)nc3cc(Br)cnc32)cc1. The van der Waals surface area contributed by atoms with E-state index in [2.05, 4.69) is 44.3 Å². The summed E-state index contributed by atoms with van der Waals surface area (Å²) in [7, 11) is 0. The van der Waals surface area contributed by atoms with E-state index in [1.165, 1.54) is 4.90 Å². The highest BCUT2D eigenvalue weighted by Gasteiger charge is 2.11. The van der Waals surface area contributed by atoms with Crippen molar-refractivity contribution in [2.45, 2.75) is 4.90 Å². The van der Waals surface area contributed by atoms with Gasteiger partial charge in [-0.15, -0.1) is 11.8 Å². The van der Waals surface area contributed by atoms with Gasteiger partial charge in [0.2, 0.25) is 5.95 Å². The molecule has 0 saturated heterocycles. The van der Waals surface area contributed by atoms with Gasteiger partial charge in [-0.3, -0.25) is 4.57 Å². The summed E-state index contributed by atoms with van der Waals surface area (Å²) in [5.74, 6) is 0.442. The van der Waals surface area contributed by atoms with Crippen molar-refractivity contribution in [3.05, 3.63) is 41.0 Å². The van der Waals surface area contributed by atoms with Gasteiger partial charge in [0.15, 0.2) is 5.65 Å².